The van der Waals surface area contributed by atoms with Gasteiger partial charge in [-0.3, -0.25) is 19.3 Å². The first-order valence-corrected chi connectivity index (χ1v) is 12.8. The first kappa shape index (κ1) is 25.8. The van der Waals surface area contributed by atoms with Crippen molar-refractivity contribution in [2.45, 2.75) is 18.0 Å². The molecule has 5 heterocycles. The number of rotatable bonds is 8. The van der Waals surface area contributed by atoms with Crippen molar-refractivity contribution in [3.63, 3.8) is 0 Å². The van der Waals surface area contributed by atoms with Gasteiger partial charge in [-0.2, -0.15) is 4.73 Å². The van der Waals surface area contributed by atoms with Gasteiger partial charge in [0.05, 0.1) is 0 Å². The number of thiazole rings is 1. The van der Waals surface area contributed by atoms with Gasteiger partial charge in [-0.1, -0.05) is 10.3 Å². The highest BCUT2D eigenvalue weighted by molar-refractivity contribution is 8.00. The number of aromatic nitrogens is 3. The number of amides is 2. The van der Waals surface area contributed by atoms with E-state index in [0.29, 0.717) is 16.7 Å². The van der Waals surface area contributed by atoms with Crippen molar-refractivity contribution in [3.8, 4) is 17.1 Å². The Balaban J connectivity index is 1.30. The molecule has 0 spiro atoms. The number of nitrogens with one attached hydrogen (secondary N) is 1. The normalized spacial score (nSPS) is 18.7. The molecular weight excluding hydrogens is 558 g/mol. The van der Waals surface area contributed by atoms with Gasteiger partial charge in [-0.15, -0.1) is 23.1 Å². The SMILES string of the molecule is Nc1nc(/C(=N/OCc2cc(-c3cc(=O)c([O-])cn3O)no2)C(=O)N[C@@H]2C(=O)N3C(C(=O)O)=CCS[C@H]23)cs1. The molecule has 1 fully saturated rings. The number of carboxylic acid groups (broad SMARTS) is 1. The molecule has 2 atom stereocenters. The third-order valence-electron chi connectivity index (χ3n) is 5.51. The van der Waals surface area contributed by atoms with Crippen LogP contribution in [0.2, 0.25) is 0 Å². The van der Waals surface area contributed by atoms with Crippen molar-refractivity contribution in [1.82, 2.24) is 25.1 Å². The molecule has 16 nitrogen and oxygen atoms in total. The van der Waals surface area contributed by atoms with Crippen LogP contribution in [0.4, 0.5) is 5.13 Å². The number of thioether (sulfide) groups is 1. The lowest BCUT2D eigenvalue weighted by atomic mass is 10.0. The number of hydrogen-bond acceptors (Lipinski definition) is 14. The molecule has 2 aliphatic heterocycles. The fraction of sp³-hybridized carbons (Fsp3) is 0.190. The number of nitrogens with zero attached hydrogens (tertiary/aromatic N) is 5. The fourth-order valence-electron chi connectivity index (χ4n) is 3.71. The summed E-state index contributed by atoms with van der Waals surface area (Å²) >= 11 is 2.33. The number of pyridine rings is 1. The van der Waals surface area contributed by atoms with Crippen LogP contribution in [0.3, 0.4) is 0 Å². The Morgan fingerprint density at radius 2 is 2.15 bits per heavy atom. The van der Waals surface area contributed by atoms with E-state index in [-0.39, 0.29) is 46.0 Å². The van der Waals surface area contributed by atoms with E-state index in [4.69, 9.17) is 15.1 Å². The molecule has 0 unspecified atom stereocenters. The number of nitrogens with two attached hydrogens (primary N) is 1. The molecule has 0 radical (unpaired) electrons. The van der Waals surface area contributed by atoms with E-state index < -0.39 is 40.4 Å². The molecule has 0 aromatic carbocycles. The van der Waals surface area contributed by atoms with E-state index in [9.17, 15) is 34.6 Å². The Labute approximate surface area is 224 Å². The second kappa shape index (κ2) is 10.1. The number of fused-ring (bicyclic) bond motifs is 1. The molecule has 18 heteroatoms. The van der Waals surface area contributed by atoms with E-state index in [1.807, 2.05) is 0 Å². The summed E-state index contributed by atoms with van der Waals surface area (Å²) in [7, 11) is 0. The number of nitrogen functional groups attached to an aromatic ring is 1. The van der Waals surface area contributed by atoms with Crippen molar-refractivity contribution < 1.29 is 39.2 Å². The molecule has 0 aliphatic carbocycles. The molecule has 3 aromatic heterocycles. The first-order valence-electron chi connectivity index (χ1n) is 10.8. The number of oxime groups is 1. The molecule has 2 amide bonds. The maximum atomic E-state index is 13.1. The van der Waals surface area contributed by atoms with Gasteiger partial charge in [-0.25, -0.2) is 9.78 Å². The Hall–Kier alpha value is -4.84. The Morgan fingerprint density at radius 3 is 2.87 bits per heavy atom. The van der Waals surface area contributed by atoms with Crippen LogP contribution in [0, 0.1) is 0 Å². The van der Waals surface area contributed by atoms with Crippen molar-refractivity contribution in [2.75, 3.05) is 11.5 Å². The van der Waals surface area contributed by atoms with Gasteiger partial charge in [0, 0.05) is 29.5 Å². The van der Waals surface area contributed by atoms with Crippen molar-refractivity contribution in [2.24, 2.45) is 5.16 Å². The van der Waals surface area contributed by atoms with E-state index in [0.717, 1.165) is 22.3 Å². The standard InChI is InChI=1S/C21H17N7O9S2/c22-21-23-10(7-39-21)15(17(31)24-16-18(32)28-11(20(33)34)1-2-38-19(16)28)26-36-6-8-3-9(25-37-8)12-4-13(29)14(30)5-27(12)35/h1,3-5,7,16,19,30,35H,2,6H2,(H2,22,23)(H,24,31)(H,33,34)/p-1/b26-15-/t16-,19-/m1/s1. The Morgan fingerprint density at radius 1 is 1.36 bits per heavy atom. The predicted octanol–water partition coefficient (Wildman–Crippen LogP) is -0.858. The molecule has 3 aromatic rings. The maximum absolute atomic E-state index is 13.1. The van der Waals surface area contributed by atoms with Crippen molar-refractivity contribution in [1.29, 1.82) is 0 Å². The summed E-state index contributed by atoms with van der Waals surface area (Å²) in [6.45, 7) is -0.347. The second-order valence-electron chi connectivity index (χ2n) is 7.97. The largest absolute Gasteiger partial charge is 0.869 e. The molecule has 0 saturated carbocycles. The summed E-state index contributed by atoms with van der Waals surface area (Å²) in [5.41, 5.74) is 4.37. The minimum Gasteiger partial charge on any atom is -0.869 e. The minimum absolute atomic E-state index is 0.0234. The summed E-state index contributed by atoms with van der Waals surface area (Å²) in [5.74, 6) is -3.12. The van der Waals surface area contributed by atoms with E-state index in [1.165, 1.54) is 29.3 Å². The van der Waals surface area contributed by atoms with Crippen LogP contribution < -0.4 is 21.6 Å². The van der Waals surface area contributed by atoms with E-state index in [1.54, 1.807) is 0 Å². The van der Waals surface area contributed by atoms with Crippen LogP contribution in [-0.2, 0) is 25.8 Å². The highest BCUT2D eigenvalue weighted by Crippen LogP contribution is 2.37. The van der Waals surface area contributed by atoms with Gasteiger partial charge in [-0.05, 0) is 11.8 Å². The summed E-state index contributed by atoms with van der Waals surface area (Å²) in [5, 5.41) is 41.6. The lowest BCUT2D eigenvalue weighted by molar-refractivity contribution is -0.271. The molecule has 202 valence electrons. The quantitative estimate of drug-likeness (QED) is 0.111. The smallest absolute Gasteiger partial charge is 0.352 e. The van der Waals surface area contributed by atoms with Gasteiger partial charge < -0.3 is 35.8 Å². The number of hydrogen-bond donors (Lipinski definition) is 4. The second-order valence-corrected chi connectivity index (χ2v) is 10.0. The third kappa shape index (κ3) is 4.89. The highest BCUT2D eigenvalue weighted by Gasteiger charge is 2.53. The van der Waals surface area contributed by atoms with Crippen LogP contribution in [0.5, 0.6) is 5.75 Å². The topological polar surface area (TPSA) is 239 Å². The number of anilines is 1. The highest BCUT2D eigenvalue weighted by atomic mass is 32.2. The lowest BCUT2D eigenvalue weighted by Gasteiger charge is -2.48. The average Bonchev–Trinajstić information content (AvgIpc) is 3.55. The summed E-state index contributed by atoms with van der Waals surface area (Å²) < 4.78 is 5.53. The van der Waals surface area contributed by atoms with Crippen LogP contribution >= 0.6 is 23.1 Å². The Kier molecular flexibility index (Phi) is 6.71. The number of carbonyl (C=O) groups excluding carboxylic acids is 2. The maximum Gasteiger partial charge on any atom is 0.352 e. The summed E-state index contributed by atoms with van der Waals surface area (Å²) in [6.07, 6.45) is 2.11. The molecular formula is C21H16N7O9S2-. The molecule has 39 heavy (non-hydrogen) atoms. The number of carboxylic acids is 1. The average molecular weight is 575 g/mol. The predicted molar refractivity (Wildman–Crippen MR) is 131 cm³/mol. The van der Waals surface area contributed by atoms with Gasteiger partial charge in [0.2, 0.25) is 0 Å². The minimum atomic E-state index is -1.24. The van der Waals surface area contributed by atoms with Crippen LogP contribution in [-0.4, -0.2) is 70.7 Å². The number of carbonyl (C=O) groups is 3. The van der Waals surface area contributed by atoms with Crippen LogP contribution in [0.15, 0.2) is 50.0 Å². The zero-order valence-electron chi connectivity index (χ0n) is 19.3. The molecule has 0 bridgehead atoms. The van der Waals surface area contributed by atoms with Gasteiger partial charge >= 0.3 is 5.97 Å². The Bertz CT molecular complexity index is 1610. The fourth-order valence-corrected chi connectivity index (χ4v) is 5.45. The van der Waals surface area contributed by atoms with Gasteiger partial charge in [0.1, 0.15) is 34.2 Å². The first-order chi connectivity index (χ1) is 18.6. The van der Waals surface area contributed by atoms with E-state index in [2.05, 4.69) is 20.6 Å². The molecule has 1 saturated heterocycles. The third-order valence-corrected chi connectivity index (χ3v) is 7.37. The van der Waals surface area contributed by atoms with Gasteiger partial charge in [0.25, 0.3) is 11.8 Å². The van der Waals surface area contributed by atoms with Crippen molar-refractivity contribution >= 4 is 51.7 Å². The zero-order chi connectivity index (χ0) is 27.8. The molecule has 2 aliphatic rings. The van der Waals surface area contributed by atoms with Gasteiger partial charge in [0.15, 0.2) is 28.6 Å². The number of β-lactam (4-membered cyclic amide) rings is 1. The number of aliphatic carboxylic acids is 1. The summed E-state index contributed by atoms with van der Waals surface area (Å²) in [6, 6.07) is 1.21. The zero-order valence-corrected chi connectivity index (χ0v) is 21.0. The summed E-state index contributed by atoms with van der Waals surface area (Å²) in [4.78, 5) is 59.1. The van der Waals surface area contributed by atoms with Crippen LogP contribution in [0.1, 0.15) is 11.5 Å². The van der Waals surface area contributed by atoms with Crippen molar-refractivity contribution in [3.05, 3.63) is 57.2 Å². The monoisotopic (exact) mass is 574 g/mol. The van der Waals surface area contributed by atoms with Crippen LogP contribution in [0.25, 0.3) is 11.4 Å². The lowest BCUT2D eigenvalue weighted by Crippen LogP contribution is -2.70. The molecule has 5 rings (SSSR count). The molecule has 5 N–H and O–H groups in total. The van der Waals surface area contributed by atoms with E-state index >= 15 is 0 Å².